The summed E-state index contributed by atoms with van der Waals surface area (Å²) in [7, 11) is 0. The maximum absolute atomic E-state index is 14.2. The molecule has 4 aromatic rings. The second-order valence-electron chi connectivity index (χ2n) is 7.81. The van der Waals surface area contributed by atoms with Gasteiger partial charge in [-0.25, -0.2) is 18.4 Å². The van der Waals surface area contributed by atoms with Crippen molar-refractivity contribution in [1.29, 1.82) is 0 Å². The molecule has 9 nitrogen and oxygen atoms in total. The predicted octanol–water partition coefficient (Wildman–Crippen LogP) is 3.51. The van der Waals surface area contributed by atoms with E-state index in [1.165, 1.54) is 18.2 Å². The van der Waals surface area contributed by atoms with E-state index in [1.807, 2.05) is 30.3 Å². The molecule has 3 aromatic carbocycles. The number of hydrogen-bond donors (Lipinski definition) is 1. The van der Waals surface area contributed by atoms with Crippen molar-refractivity contribution in [1.82, 2.24) is 19.8 Å². The molecule has 0 saturated carbocycles. The Bertz CT molecular complexity index is 1400. The number of benzene rings is 3. The van der Waals surface area contributed by atoms with Crippen LogP contribution in [-0.2, 0) is 13.1 Å². The lowest BCUT2D eigenvalue weighted by atomic mass is 10.1. The summed E-state index contributed by atoms with van der Waals surface area (Å²) in [6.07, 6.45) is 0.634. The van der Waals surface area contributed by atoms with Crippen molar-refractivity contribution in [2.75, 3.05) is 18.1 Å². The molecular weight excluding hydrogens is 472 g/mol. The molecule has 186 valence electrons. The fourth-order valence-electron chi connectivity index (χ4n) is 3.65. The molecule has 0 atom stereocenters. The van der Waals surface area contributed by atoms with Crippen molar-refractivity contribution < 1.29 is 23.4 Å². The van der Waals surface area contributed by atoms with E-state index in [1.54, 1.807) is 17.9 Å². The molecule has 1 heterocycles. The third kappa shape index (κ3) is 5.24. The number of ether oxygens (including phenoxy) is 1. The molecule has 0 aliphatic rings. The van der Waals surface area contributed by atoms with E-state index in [0.717, 1.165) is 22.4 Å². The van der Waals surface area contributed by atoms with E-state index in [0.29, 0.717) is 35.7 Å². The first kappa shape index (κ1) is 24.6. The van der Waals surface area contributed by atoms with Crippen LogP contribution in [0.15, 0.2) is 71.5 Å². The molecule has 1 aromatic heterocycles. The molecule has 0 aliphatic heterocycles. The highest BCUT2D eigenvalue weighted by Crippen LogP contribution is 2.30. The molecule has 0 spiro atoms. The number of tetrazole rings is 1. The molecule has 0 saturated heterocycles. The van der Waals surface area contributed by atoms with Crippen LogP contribution in [-0.4, -0.2) is 44.0 Å². The Hall–Kier alpha value is -4.54. The van der Waals surface area contributed by atoms with Crippen LogP contribution in [0.3, 0.4) is 0 Å². The molecule has 0 fully saturated rings. The summed E-state index contributed by atoms with van der Waals surface area (Å²) >= 11 is 0. The average Bonchev–Trinajstić information content (AvgIpc) is 3.22. The molecule has 0 unspecified atom stereocenters. The van der Waals surface area contributed by atoms with Crippen molar-refractivity contribution >= 4 is 11.7 Å². The Labute approximate surface area is 204 Å². The van der Waals surface area contributed by atoms with Gasteiger partial charge in [0.15, 0.2) is 11.6 Å². The van der Waals surface area contributed by atoms with Crippen LogP contribution in [0.5, 0.6) is 5.75 Å². The predicted molar refractivity (Wildman–Crippen MR) is 128 cm³/mol. The number of aromatic nitrogens is 4. The van der Waals surface area contributed by atoms with Gasteiger partial charge in [0.25, 0.3) is 0 Å². The van der Waals surface area contributed by atoms with E-state index in [4.69, 9.17) is 4.74 Å². The van der Waals surface area contributed by atoms with Crippen molar-refractivity contribution in [2.45, 2.75) is 20.0 Å². The molecule has 11 heteroatoms. The van der Waals surface area contributed by atoms with Gasteiger partial charge in [0.1, 0.15) is 18.1 Å². The monoisotopic (exact) mass is 495 g/mol. The highest BCUT2D eigenvalue weighted by molar-refractivity contribution is 5.89. The zero-order valence-corrected chi connectivity index (χ0v) is 19.3. The third-order valence-electron chi connectivity index (χ3n) is 5.51. The first-order valence-corrected chi connectivity index (χ1v) is 11.1. The van der Waals surface area contributed by atoms with Gasteiger partial charge in [-0.3, -0.25) is 0 Å². The van der Waals surface area contributed by atoms with Gasteiger partial charge in [-0.05, 0) is 53.2 Å². The number of halogens is 2. The number of carbonyl (C=O) groups is 1. The minimum atomic E-state index is -1.12. The quantitative estimate of drug-likeness (QED) is 0.359. The molecule has 0 amide bonds. The molecule has 0 aliphatic carbocycles. The zero-order chi connectivity index (χ0) is 25.7. The van der Waals surface area contributed by atoms with Gasteiger partial charge in [0.2, 0.25) is 0 Å². The number of carboxylic acid groups (broad SMARTS) is 1. The van der Waals surface area contributed by atoms with Crippen LogP contribution in [0.2, 0.25) is 0 Å². The number of hydrogen-bond acceptors (Lipinski definition) is 6. The lowest BCUT2D eigenvalue weighted by molar-refractivity contribution is 0.0697. The zero-order valence-electron chi connectivity index (χ0n) is 19.3. The van der Waals surface area contributed by atoms with E-state index in [-0.39, 0.29) is 12.2 Å². The van der Waals surface area contributed by atoms with Crippen molar-refractivity contribution in [2.24, 2.45) is 0 Å². The Morgan fingerprint density at radius 1 is 1.03 bits per heavy atom. The standard InChI is InChI=1S/C25H23F2N5O4/c1-2-30(16-31-25(35)32(29-28-31)23-19(26)9-6-10-20(23)27)21-15-18(24(33)34)11-12-22(21)36-14-13-17-7-4-3-5-8-17/h3-12,15H,2,13-14,16H2,1H3,(H,33,34). The normalized spacial score (nSPS) is 10.9. The fraction of sp³-hybridized carbons (Fsp3) is 0.200. The molecule has 4 rings (SSSR count). The second-order valence-corrected chi connectivity index (χ2v) is 7.81. The van der Waals surface area contributed by atoms with Gasteiger partial charge < -0.3 is 14.7 Å². The highest BCUT2D eigenvalue weighted by Gasteiger charge is 2.20. The first-order chi connectivity index (χ1) is 17.4. The Balaban J connectivity index is 1.62. The van der Waals surface area contributed by atoms with Crippen molar-refractivity contribution in [3.05, 3.63) is 100.0 Å². The summed E-state index contributed by atoms with van der Waals surface area (Å²) in [6, 6.07) is 17.4. The average molecular weight is 495 g/mol. The molecule has 36 heavy (non-hydrogen) atoms. The minimum absolute atomic E-state index is 0.0308. The van der Waals surface area contributed by atoms with Crippen LogP contribution in [0.1, 0.15) is 22.8 Å². The summed E-state index contributed by atoms with van der Waals surface area (Å²) in [6.45, 7) is 2.31. The number of nitrogens with zero attached hydrogens (tertiary/aromatic N) is 5. The van der Waals surface area contributed by atoms with Crippen LogP contribution in [0.25, 0.3) is 5.69 Å². The number of rotatable bonds is 10. The molecule has 1 N–H and O–H groups in total. The summed E-state index contributed by atoms with van der Waals surface area (Å²) in [5, 5.41) is 16.9. The van der Waals surface area contributed by atoms with Crippen molar-refractivity contribution in [3.63, 3.8) is 0 Å². The summed E-state index contributed by atoms with van der Waals surface area (Å²) in [5.74, 6) is -2.63. The molecule has 0 radical (unpaired) electrons. The maximum Gasteiger partial charge on any atom is 0.370 e. The van der Waals surface area contributed by atoms with E-state index >= 15 is 0 Å². The Morgan fingerprint density at radius 3 is 2.42 bits per heavy atom. The lowest BCUT2D eigenvalue weighted by Crippen LogP contribution is -2.34. The number of anilines is 1. The first-order valence-electron chi connectivity index (χ1n) is 11.1. The Kier molecular flexibility index (Phi) is 7.38. The van der Waals surface area contributed by atoms with Gasteiger partial charge in [-0.2, -0.15) is 9.36 Å². The van der Waals surface area contributed by atoms with Gasteiger partial charge in [-0.15, -0.1) is 0 Å². The van der Waals surface area contributed by atoms with Gasteiger partial charge in [0.05, 0.1) is 17.9 Å². The Morgan fingerprint density at radius 2 is 1.75 bits per heavy atom. The topological polar surface area (TPSA) is 102 Å². The van der Waals surface area contributed by atoms with Crippen LogP contribution < -0.4 is 15.3 Å². The minimum Gasteiger partial charge on any atom is -0.491 e. The molecule has 0 bridgehead atoms. The van der Waals surface area contributed by atoms with Gasteiger partial charge >= 0.3 is 11.7 Å². The van der Waals surface area contributed by atoms with Crippen LogP contribution in [0, 0.1) is 11.6 Å². The molecular formula is C25H23F2N5O4. The summed E-state index contributed by atoms with van der Waals surface area (Å²) in [4.78, 5) is 26.1. The van der Waals surface area contributed by atoms with Crippen LogP contribution in [0.4, 0.5) is 14.5 Å². The van der Waals surface area contributed by atoms with Gasteiger partial charge in [0, 0.05) is 13.0 Å². The summed E-state index contributed by atoms with van der Waals surface area (Å²) < 4.78 is 35.8. The number of para-hydroxylation sites is 1. The van der Waals surface area contributed by atoms with E-state index < -0.39 is 29.0 Å². The SMILES string of the molecule is CCN(Cn1nnn(-c2c(F)cccc2F)c1=O)c1cc(C(=O)O)ccc1OCCc1ccccc1. The largest absolute Gasteiger partial charge is 0.491 e. The summed E-state index contributed by atoms with van der Waals surface area (Å²) in [5.41, 5.74) is 0.0392. The highest BCUT2D eigenvalue weighted by atomic mass is 19.1. The van der Waals surface area contributed by atoms with Gasteiger partial charge in [-0.1, -0.05) is 36.4 Å². The number of aromatic carboxylic acids is 1. The van der Waals surface area contributed by atoms with Crippen LogP contribution >= 0.6 is 0 Å². The smallest absolute Gasteiger partial charge is 0.370 e. The second kappa shape index (κ2) is 10.8. The van der Waals surface area contributed by atoms with Crippen molar-refractivity contribution in [3.8, 4) is 11.4 Å². The maximum atomic E-state index is 14.2. The number of carboxylic acids is 1. The fourth-order valence-corrected chi connectivity index (χ4v) is 3.65. The van der Waals surface area contributed by atoms with E-state index in [9.17, 15) is 23.5 Å². The van der Waals surface area contributed by atoms with E-state index in [2.05, 4.69) is 10.4 Å². The third-order valence-corrected chi connectivity index (χ3v) is 5.51. The lowest BCUT2D eigenvalue weighted by Gasteiger charge is -2.25.